The molecule has 0 aliphatic carbocycles. The van der Waals surface area contributed by atoms with Gasteiger partial charge in [-0.3, -0.25) is 9.59 Å². The fraction of sp³-hybridized carbons (Fsp3) is 0.778. The van der Waals surface area contributed by atoms with E-state index in [1.165, 1.54) is 0 Å². The zero-order valence-corrected chi connectivity index (χ0v) is 9.13. The first-order valence-corrected chi connectivity index (χ1v) is 5.02. The summed E-state index contributed by atoms with van der Waals surface area (Å²) in [6, 6.07) is 0. The molecule has 1 N–H and O–H groups in total. The Labute approximate surface area is 88.2 Å². The van der Waals surface area contributed by atoms with Crippen molar-refractivity contribution in [1.29, 1.82) is 0 Å². The molecule has 0 radical (unpaired) electrons. The maximum Gasteiger partial charge on any atom is 0.317 e. The van der Waals surface area contributed by atoms with Crippen LogP contribution in [0.1, 0.15) is 33.1 Å². The van der Waals surface area contributed by atoms with Crippen molar-refractivity contribution in [3.63, 3.8) is 0 Å². The van der Waals surface area contributed by atoms with Crippen LogP contribution in [0, 0.1) is 0 Å². The SMILES string of the molecule is CCC(CC)(CCl)OC(=O)CC(=O)O. The van der Waals surface area contributed by atoms with Crippen LogP contribution in [0.4, 0.5) is 0 Å². The topological polar surface area (TPSA) is 63.6 Å². The van der Waals surface area contributed by atoms with Gasteiger partial charge in [-0.05, 0) is 12.8 Å². The number of carboxylic acid groups (broad SMARTS) is 1. The van der Waals surface area contributed by atoms with Crippen molar-refractivity contribution in [2.75, 3.05) is 5.88 Å². The summed E-state index contributed by atoms with van der Waals surface area (Å²) in [7, 11) is 0. The summed E-state index contributed by atoms with van der Waals surface area (Å²) in [6.07, 6.45) is 0.551. The van der Waals surface area contributed by atoms with Crippen molar-refractivity contribution < 1.29 is 19.4 Å². The van der Waals surface area contributed by atoms with E-state index in [1.54, 1.807) is 0 Å². The lowest BCUT2D eigenvalue weighted by molar-refractivity contribution is -0.162. The van der Waals surface area contributed by atoms with Gasteiger partial charge in [-0.1, -0.05) is 13.8 Å². The Morgan fingerprint density at radius 2 is 1.86 bits per heavy atom. The van der Waals surface area contributed by atoms with E-state index in [9.17, 15) is 9.59 Å². The molecule has 0 atom stereocenters. The van der Waals surface area contributed by atoms with Gasteiger partial charge in [0, 0.05) is 0 Å². The number of ether oxygens (including phenoxy) is 1. The van der Waals surface area contributed by atoms with Gasteiger partial charge >= 0.3 is 11.9 Å². The Bertz CT molecular complexity index is 203. The second-order valence-electron chi connectivity index (χ2n) is 3.07. The van der Waals surface area contributed by atoms with Crippen molar-refractivity contribution in [3.8, 4) is 0 Å². The van der Waals surface area contributed by atoms with Gasteiger partial charge in [0.15, 0.2) is 0 Å². The number of rotatable bonds is 6. The van der Waals surface area contributed by atoms with E-state index in [0.717, 1.165) is 0 Å². The van der Waals surface area contributed by atoms with Crippen LogP contribution in [0.25, 0.3) is 0 Å². The standard InChI is InChI=1S/C9H15ClO4/c1-3-9(4-2,6-10)14-8(13)5-7(11)12/h3-6H2,1-2H3,(H,11,12). The molecule has 0 heterocycles. The molecule has 5 heteroatoms. The predicted octanol–water partition coefficient (Wildman–Crippen LogP) is 1.80. The number of aliphatic carboxylic acids is 1. The highest BCUT2D eigenvalue weighted by molar-refractivity contribution is 6.18. The minimum atomic E-state index is -1.19. The highest BCUT2D eigenvalue weighted by Gasteiger charge is 2.30. The molecule has 0 aromatic carbocycles. The van der Waals surface area contributed by atoms with E-state index in [-0.39, 0.29) is 5.88 Å². The molecule has 0 spiro atoms. The summed E-state index contributed by atoms with van der Waals surface area (Å²) < 4.78 is 5.04. The lowest BCUT2D eigenvalue weighted by Crippen LogP contribution is -2.36. The van der Waals surface area contributed by atoms with E-state index in [0.29, 0.717) is 12.8 Å². The maximum absolute atomic E-state index is 11.1. The number of carboxylic acids is 1. The lowest BCUT2D eigenvalue weighted by atomic mass is 10.00. The molecule has 0 aliphatic rings. The van der Waals surface area contributed by atoms with E-state index in [4.69, 9.17) is 21.4 Å². The molecule has 0 saturated heterocycles. The summed E-state index contributed by atoms with van der Waals surface area (Å²) in [4.78, 5) is 21.3. The Kier molecular flexibility index (Phi) is 5.53. The van der Waals surface area contributed by atoms with E-state index in [2.05, 4.69) is 0 Å². The number of hydrogen-bond donors (Lipinski definition) is 1. The van der Waals surface area contributed by atoms with Crippen LogP contribution in [-0.2, 0) is 14.3 Å². The third-order valence-corrected chi connectivity index (χ3v) is 2.65. The summed E-state index contributed by atoms with van der Waals surface area (Å²) in [5.41, 5.74) is -0.714. The summed E-state index contributed by atoms with van der Waals surface area (Å²) in [5.74, 6) is -1.74. The van der Waals surface area contributed by atoms with Gasteiger partial charge in [-0.2, -0.15) is 0 Å². The molecule has 0 aromatic rings. The fourth-order valence-corrected chi connectivity index (χ4v) is 1.44. The van der Waals surface area contributed by atoms with E-state index < -0.39 is 24.0 Å². The predicted molar refractivity (Wildman–Crippen MR) is 52.4 cm³/mol. The first-order chi connectivity index (χ1) is 6.49. The third kappa shape index (κ3) is 3.96. The van der Waals surface area contributed by atoms with Crippen molar-refractivity contribution in [2.24, 2.45) is 0 Å². The zero-order valence-electron chi connectivity index (χ0n) is 8.38. The second-order valence-corrected chi connectivity index (χ2v) is 3.34. The summed E-state index contributed by atoms with van der Waals surface area (Å²) in [5, 5.41) is 8.37. The van der Waals surface area contributed by atoms with E-state index in [1.807, 2.05) is 13.8 Å². The Hall–Kier alpha value is -0.770. The number of carbonyl (C=O) groups is 2. The molecule has 0 aromatic heterocycles. The van der Waals surface area contributed by atoms with Crippen LogP contribution >= 0.6 is 11.6 Å². The van der Waals surface area contributed by atoms with Crippen LogP contribution in [0.15, 0.2) is 0 Å². The van der Waals surface area contributed by atoms with Crippen LogP contribution in [0.3, 0.4) is 0 Å². The average Bonchev–Trinajstić information content (AvgIpc) is 2.13. The first-order valence-electron chi connectivity index (χ1n) is 4.49. The molecule has 0 aliphatic heterocycles. The number of carbonyl (C=O) groups excluding carboxylic acids is 1. The number of alkyl halides is 1. The molecule has 0 amide bonds. The van der Waals surface area contributed by atoms with Crippen molar-refractivity contribution >= 4 is 23.5 Å². The molecule has 0 rings (SSSR count). The highest BCUT2D eigenvalue weighted by Crippen LogP contribution is 2.22. The van der Waals surface area contributed by atoms with Gasteiger partial charge in [0.1, 0.15) is 12.0 Å². The molecule has 14 heavy (non-hydrogen) atoms. The zero-order chi connectivity index (χ0) is 11.2. The Morgan fingerprint density at radius 1 is 1.36 bits per heavy atom. The largest absolute Gasteiger partial charge is 0.481 e. The molecule has 0 bridgehead atoms. The quantitative estimate of drug-likeness (QED) is 0.423. The minimum absolute atomic E-state index is 0.186. The monoisotopic (exact) mass is 222 g/mol. The van der Waals surface area contributed by atoms with Gasteiger partial charge in [0.25, 0.3) is 0 Å². The molecular weight excluding hydrogens is 208 g/mol. The highest BCUT2D eigenvalue weighted by atomic mass is 35.5. The third-order valence-electron chi connectivity index (χ3n) is 2.16. The van der Waals surface area contributed by atoms with Gasteiger partial charge in [0.05, 0.1) is 5.88 Å². The smallest absolute Gasteiger partial charge is 0.317 e. The van der Waals surface area contributed by atoms with Gasteiger partial charge < -0.3 is 9.84 Å². The van der Waals surface area contributed by atoms with Crippen LogP contribution < -0.4 is 0 Å². The Balaban J connectivity index is 4.29. The van der Waals surface area contributed by atoms with Gasteiger partial charge in [-0.25, -0.2) is 0 Å². The van der Waals surface area contributed by atoms with Crippen molar-refractivity contribution in [2.45, 2.75) is 38.7 Å². The maximum atomic E-state index is 11.1. The minimum Gasteiger partial charge on any atom is -0.481 e. The lowest BCUT2D eigenvalue weighted by Gasteiger charge is -2.28. The molecule has 0 unspecified atom stereocenters. The van der Waals surface area contributed by atoms with Crippen molar-refractivity contribution in [1.82, 2.24) is 0 Å². The number of esters is 1. The van der Waals surface area contributed by atoms with Crippen LogP contribution in [0.5, 0.6) is 0 Å². The molecular formula is C9H15ClO4. The number of halogens is 1. The van der Waals surface area contributed by atoms with Crippen LogP contribution in [0.2, 0.25) is 0 Å². The van der Waals surface area contributed by atoms with Crippen LogP contribution in [-0.4, -0.2) is 28.5 Å². The van der Waals surface area contributed by atoms with Gasteiger partial charge in [0.2, 0.25) is 0 Å². The molecule has 82 valence electrons. The first kappa shape index (κ1) is 13.2. The molecule has 4 nitrogen and oxygen atoms in total. The fourth-order valence-electron chi connectivity index (χ4n) is 1.01. The molecule has 0 fully saturated rings. The summed E-state index contributed by atoms with van der Waals surface area (Å²) in [6.45, 7) is 3.69. The van der Waals surface area contributed by atoms with Gasteiger partial charge in [-0.15, -0.1) is 11.6 Å². The number of hydrogen-bond acceptors (Lipinski definition) is 3. The van der Waals surface area contributed by atoms with E-state index >= 15 is 0 Å². The normalized spacial score (nSPS) is 11.1. The average molecular weight is 223 g/mol. The Morgan fingerprint density at radius 3 is 2.14 bits per heavy atom. The van der Waals surface area contributed by atoms with Crippen molar-refractivity contribution in [3.05, 3.63) is 0 Å². The second kappa shape index (κ2) is 5.86. The summed E-state index contributed by atoms with van der Waals surface area (Å²) >= 11 is 5.68. The molecule has 0 saturated carbocycles.